The number of carbonyl (C=O) groups is 3. The van der Waals surface area contributed by atoms with Crippen LogP contribution in [0.15, 0.2) is 5.38 Å². The number of amides is 2. The topological polar surface area (TPSA) is 108 Å². The van der Waals surface area contributed by atoms with E-state index in [1.807, 2.05) is 0 Å². The molecule has 1 rings (SSSR count). The van der Waals surface area contributed by atoms with E-state index in [1.165, 1.54) is 36.9 Å². The lowest BCUT2D eigenvalue weighted by molar-refractivity contribution is -0.140. The second-order valence-electron chi connectivity index (χ2n) is 3.93. The van der Waals surface area contributed by atoms with Gasteiger partial charge < -0.3 is 15.7 Å². The molecule has 0 aliphatic rings. The average Bonchev–Trinajstić information content (AvgIpc) is 2.73. The number of aromatic nitrogens is 1. The van der Waals surface area contributed by atoms with Gasteiger partial charge in [0.05, 0.1) is 5.69 Å². The van der Waals surface area contributed by atoms with Crippen LogP contribution < -0.4 is 10.6 Å². The molecule has 20 heavy (non-hydrogen) atoms. The largest absolute Gasteiger partial charge is 0.480 e. The van der Waals surface area contributed by atoms with Crippen LogP contribution in [-0.4, -0.2) is 39.7 Å². The summed E-state index contributed by atoms with van der Waals surface area (Å²) in [5.41, 5.74) is 0.760. The molecule has 110 valence electrons. The summed E-state index contributed by atoms with van der Waals surface area (Å²) >= 11 is 2.66. The van der Waals surface area contributed by atoms with Crippen LogP contribution in [0.1, 0.15) is 19.5 Å². The van der Waals surface area contributed by atoms with Gasteiger partial charge in [-0.25, -0.2) is 9.78 Å². The van der Waals surface area contributed by atoms with Crippen molar-refractivity contribution >= 4 is 46.0 Å². The fourth-order valence-corrected chi connectivity index (χ4v) is 3.08. The Morgan fingerprint density at radius 1 is 1.40 bits per heavy atom. The van der Waals surface area contributed by atoms with E-state index >= 15 is 0 Å². The molecule has 0 saturated carbocycles. The molecule has 0 aliphatic heterocycles. The first-order chi connectivity index (χ1) is 9.38. The quantitative estimate of drug-likeness (QED) is 0.690. The Morgan fingerprint density at radius 3 is 2.65 bits per heavy atom. The minimum Gasteiger partial charge on any atom is -0.480 e. The van der Waals surface area contributed by atoms with Crippen molar-refractivity contribution in [3.8, 4) is 0 Å². The van der Waals surface area contributed by atoms with Crippen LogP contribution in [0, 0.1) is 0 Å². The van der Waals surface area contributed by atoms with Crippen LogP contribution in [0.25, 0.3) is 0 Å². The van der Waals surface area contributed by atoms with Gasteiger partial charge in [-0.1, -0.05) is 0 Å². The van der Waals surface area contributed by atoms with Crippen molar-refractivity contribution in [2.75, 3.05) is 11.1 Å². The number of hydrogen-bond donors (Lipinski definition) is 3. The molecule has 3 N–H and O–H groups in total. The van der Waals surface area contributed by atoms with Gasteiger partial charge in [0, 0.05) is 30.7 Å². The Kier molecular flexibility index (Phi) is 6.46. The van der Waals surface area contributed by atoms with Gasteiger partial charge >= 0.3 is 5.97 Å². The van der Waals surface area contributed by atoms with E-state index in [4.69, 9.17) is 5.11 Å². The average molecular weight is 317 g/mol. The standard InChI is InChI=1S/C11H15N3O4S2/c1-6(15)12-9(10(17)18)5-19-3-8-4-20-11(14-8)13-7(2)16/h4,9H,3,5H2,1-2H3,(H,12,15)(H,17,18)(H,13,14,16)/t9-/m0/s1. The summed E-state index contributed by atoms with van der Waals surface area (Å²) < 4.78 is 0. The second-order valence-corrected chi connectivity index (χ2v) is 5.82. The van der Waals surface area contributed by atoms with Crippen molar-refractivity contribution in [3.05, 3.63) is 11.1 Å². The molecule has 0 spiro atoms. The lowest BCUT2D eigenvalue weighted by Crippen LogP contribution is -2.41. The SMILES string of the molecule is CC(=O)Nc1nc(CSC[C@H](NC(C)=O)C(=O)O)cs1. The maximum absolute atomic E-state index is 10.9. The first kappa shape index (κ1) is 16.4. The van der Waals surface area contributed by atoms with E-state index in [0.29, 0.717) is 10.9 Å². The van der Waals surface area contributed by atoms with E-state index in [0.717, 1.165) is 5.69 Å². The molecule has 0 fully saturated rings. The Balaban J connectivity index is 2.42. The second kappa shape index (κ2) is 7.85. The van der Waals surface area contributed by atoms with Crippen molar-refractivity contribution in [3.63, 3.8) is 0 Å². The van der Waals surface area contributed by atoms with Gasteiger partial charge in [0.25, 0.3) is 0 Å². The number of rotatable bonds is 7. The van der Waals surface area contributed by atoms with E-state index in [-0.39, 0.29) is 17.6 Å². The van der Waals surface area contributed by atoms with Crippen molar-refractivity contribution in [1.29, 1.82) is 0 Å². The van der Waals surface area contributed by atoms with Crippen molar-refractivity contribution in [2.24, 2.45) is 0 Å². The minimum absolute atomic E-state index is 0.185. The number of carbonyl (C=O) groups excluding carboxylic acids is 2. The lowest BCUT2D eigenvalue weighted by atomic mass is 10.3. The van der Waals surface area contributed by atoms with Crippen LogP contribution in [0.3, 0.4) is 0 Å². The highest BCUT2D eigenvalue weighted by Crippen LogP contribution is 2.19. The number of nitrogens with zero attached hydrogens (tertiary/aromatic N) is 1. The Labute approximate surface area is 124 Å². The van der Waals surface area contributed by atoms with Crippen molar-refractivity contribution < 1.29 is 19.5 Å². The molecule has 1 heterocycles. The molecule has 1 aromatic heterocycles. The minimum atomic E-state index is -1.06. The van der Waals surface area contributed by atoms with Crippen LogP contribution in [0.4, 0.5) is 5.13 Å². The smallest absolute Gasteiger partial charge is 0.327 e. The molecule has 2 amide bonds. The predicted octanol–water partition coefficient (Wildman–Crippen LogP) is 0.924. The third-order valence-electron chi connectivity index (χ3n) is 2.04. The van der Waals surface area contributed by atoms with Gasteiger partial charge in [-0.2, -0.15) is 11.8 Å². The van der Waals surface area contributed by atoms with Crippen LogP contribution in [-0.2, 0) is 20.1 Å². The summed E-state index contributed by atoms with van der Waals surface area (Å²) in [6, 6.07) is -0.911. The van der Waals surface area contributed by atoms with E-state index in [1.54, 1.807) is 5.38 Å². The van der Waals surface area contributed by atoms with Gasteiger partial charge in [0.15, 0.2) is 5.13 Å². The molecule has 0 aliphatic carbocycles. The van der Waals surface area contributed by atoms with Crippen molar-refractivity contribution in [2.45, 2.75) is 25.6 Å². The number of aliphatic carboxylic acids is 1. The zero-order valence-corrected chi connectivity index (χ0v) is 12.6. The zero-order chi connectivity index (χ0) is 15.1. The van der Waals surface area contributed by atoms with Crippen molar-refractivity contribution in [1.82, 2.24) is 10.3 Å². The zero-order valence-electron chi connectivity index (χ0n) is 11.0. The predicted molar refractivity (Wildman–Crippen MR) is 77.8 cm³/mol. The lowest BCUT2D eigenvalue weighted by Gasteiger charge is -2.11. The van der Waals surface area contributed by atoms with E-state index in [2.05, 4.69) is 15.6 Å². The molecule has 0 saturated heterocycles. The monoisotopic (exact) mass is 317 g/mol. The maximum Gasteiger partial charge on any atom is 0.327 e. The third kappa shape index (κ3) is 6.02. The van der Waals surface area contributed by atoms with Gasteiger partial charge in [0.1, 0.15) is 6.04 Å². The number of carboxylic acids is 1. The summed E-state index contributed by atoms with van der Waals surface area (Å²) in [6.45, 7) is 2.68. The van der Waals surface area contributed by atoms with Crippen LogP contribution >= 0.6 is 23.1 Å². The molecular weight excluding hydrogens is 302 g/mol. The number of anilines is 1. The van der Waals surface area contributed by atoms with Crippen LogP contribution in [0.5, 0.6) is 0 Å². The highest BCUT2D eigenvalue weighted by molar-refractivity contribution is 7.98. The number of thiazole rings is 1. The number of carboxylic acid groups (broad SMARTS) is 1. The van der Waals surface area contributed by atoms with E-state index in [9.17, 15) is 14.4 Å². The highest BCUT2D eigenvalue weighted by atomic mass is 32.2. The Hall–Kier alpha value is -1.61. The fraction of sp³-hybridized carbons (Fsp3) is 0.455. The number of thioether (sulfide) groups is 1. The summed E-state index contributed by atoms with van der Waals surface area (Å²) in [6.07, 6.45) is 0. The molecule has 1 aromatic rings. The number of hydrogen-bond acceptors (Lipinski definition) is 6. The molecule has 0 unspecified atom stereocenters. The Bertz CT molecular complexity index is 504. The maximum atomic E-state index is 10.9. The van der Waals surface area contributed by atoms with Crippen LogP contribution in [0.2, 0.25) is 0 Å². The molecule has 0 radical (unpaired) electrons. The van der Waals surface area contributed by atoms with Gasteiger partial charge in [-0.05, 0) is 0 Å². The normalized spacial score (nSPS) is 11.7. The fourth-order valence-electron chi connectivity index (χ4n) is 1.28. The van der Waals surface area contributed by atoms with Gasteiger partial charge in [0.2, 0.25) is 11.8 Å². The highest BCUT2D eigenvalue weighted by Gasteiger charge is 2.18. The first-order valence-corrected chi connectivity index (χ1v) is 7.71. The third-order valence-corrected chi connectivity index (χ3v) is 3.92. The summed E-state index contributed by atoms with van der Waals surface area (Å²) in [7, 11) is 0. The van der Waals surface area contributed by atoms with Gasteiger partial charge in [-0.3, -0.25) is 9.59 Å². The summed E-state index contributed by atoms with van der Waals surface area (Å²) in [4.78, 5) is 36.8. The molecule has 1 atom stereocenters. The summed E-state index contributed by atoms with van der Waals surface area (Å²) in [5, 5.41) is 16.2. The molecule has 0 bridgehead atoms. The number of nitrogens with one attached hydrogen (secondary N) is 2. The first-order valence-electron chi connectivity index (χ1n) is 5.68. The Morgan fingerprint density at radius 2 is 2.10 bits per heavy atom. The molecule has 0 aromatic carbocycles. The molecule has 7 nitrogen and oxygen atoms in total. The molecular formula is C11H15N3O4S2. The molecule has 9 heteroatoms. The van der Waals surface area contributed by atoms with E-state index < -0.39 is 12.0 Å². The van der Waals surface area contributed by atoms with Gasteiger partial charge in [-0.15, -0.1) is 11.3 Å². The summed E-state index contributed by atoms with van der Waals surface area (Å²) in [5.74, 6) is -0.860.